The molecule has 0 saturated heterocycles. The Morgan fingerprint density at radius 1 is 1.31 bits per heavy atom. The number of halogens is 1. The third kappa shape index (κ3) is 9.17. The number of benzene rings is 1. The molecule has 26 heavy (non-hydrogen) atoms. The molecule has 0 aromatic heterocycles. The number of carbonyl (C=O) groups is 1. The van der Waals surface area contributed by atoms with Gasteiger partial charge < -0.3 is 25.6 Å². The summed E-state index contributed by atoms with van der Waals surface area (Å²) in [6, 6.07) is 5.79. The molecule has 7 nitrogen and oxygen atoms in total. The van der Waals surface area contributed by atoms with Gasteiger partial charge in [0.2, 0.25) is 5.91 Å². The Hall–Kier alpha value is -1.64. The highest BCUT2D eigenvalue weighted by Crippen LogP contribution is 2.20. The lowest BCUT2D eigenvalue weighted by atomic mass is 10.2. The third-order valence-electron chi connectivity index (χ3n) is 3.79. The molecule has 0 aliphatic carbocycles. The molecule has 8 heteroatoms. The number of carbonyl (C=O) groups excluding carboxylic acids is 1. The molecular weight excluding hydrogens is 398 g/mol. The van der Waals surface area contributed by atoms with Gasteiger partial charge in [0.05, 0.1) is 6.54 Å². The number of rotatable bonds is 10. The zero-order valence-electron chi connectivity index (χ0n) is 16.1. The van der Waals surface area contributed by atoms with E-state index >= 15 is 0 Å². The van der Waals surface area contributed by atoms with Gasteiger partial charge in [-0.25, -0.2) is 0 Å². The Kier molecular flexibility index (Phi) is 10.9. The van der Waals surface area contributed by atoms with Gasteiger partial charge in [-0.05, 0) is 38.1 Å². The maximum atomic E-state index is 12.1. The lowest BCUT2D eigenvalue weighted by Crippen LogP contribution is -2.43. The Morgan fingerprint density at radius 3 is 2.77 bits per heavy atom. The molecule has 1 amide bonds. The normalized spacial score (nSPS) is 11.5. The monoisotopic (exact) mass is 427 g/mol. The number of nitrogens with zero attached hydrogens (tertiary/aromatic N) is 2. The van der Waals surface area contributed by atoms with E-state index in [-0.39, 0.29) is 12.5 Å². The average molecular weight is 428 g/mol. The molecule has 0 fully saturated rings. The second kappa shape index (κ2) is 12.7. The van der Waals surface area contributed by atoms with Crippen LogP contribution >= 0.6 is 15.9 Å². The summed E-state index contributed by atoms with van der Waals surface area (Å²) in [4.78, 5) is 18.5. The van der Waals surface area contributed by atoms with E-state index in [9.17, 15) is 4.79 Å². The van der Waals surface area contributed by atoms with Crippen LogP contribution in [0.2, 0.25) is 0 Å². The summed E-state index contributed by atoms with van der Waals surface area (Å²) in [7, 11) is 5.47. The van der Waals surface area contributed by atoms with Crippen LogP contribution in [0.1, 0.15) is 12.0 Å². The second-order valence-electron chi connectivity index (χ2n) is 6.01. The van der Waals surface area contributed by atoms with Crippen LogP contribution in [0.25, 0.3) is 0 Å². The van der Waals surface area contributed by atoms with Crippen molar-refractivity contribution in [2.24, 2.45) is 4.99 Å². The fraction of sp³-hybridized carbons (Fsp3) is 0.556. The molecule has 0 saturated carbocycles. The van der Waals surface area contributed by atoms with Crippen molar-refractivity contribution in [1.29, 1.82) is 0 Å². The number of amides is 1. The first-order valence-electron chi connectivity index (χ1n) is 8.64. The summed E-state index contributed by atoms with van der Waals surface area (Å²) in [6.07, 6.45) is 1.01. The maximum Gasteiger partial charge on any atom is 0.243 e. The van der Waals surface area contributed by atoms with Crippen molar-refractivity contribution in [1.82, 2.24) is 15.5 Å². The standard InChI is InChI=1S/C18H30BrN5O2/c1-14-6-7-15(19)12-16(14)23-17(25)13-22-18(20-2)21-8-10-24(3)9-5-11-26-4/h6-7,12H,5,8-11,13H2,1-4H3,(H,23,25)(H2,20,21,22). The van der Waals surface area contributed by atoms with E-state index in [1.165, 1.54) is 0 Å². The van der Waals surface area contributed by atoms with Crippen LogP contribution in [0.15, 0.2) is 27.7 Å². The number of hydrogen-bond acceptors (Lipinski definition) is 4. The van der Waals surface area contributed by atoms with E-state index in [2.05, 4.69) is 48.8 Å². The highest BCUT2D eigenvalue weighted by Gasteiger charge is 2.07. The molecule has 1 aromatic rings. The minimum atomic E-state index is -0.120. The SMILES string of the molecule is CN=C(NCCN(C)CCCOC)NCC(=O)Nc1cc(Br)ccc1C. The van der Waals surface area contributed by atoms with Crippen LogP contribution in [0.3, 0.4) is 0 Å². The van der Waals surface area contributed by atoms with Gasteiger partial charge in [0.1, 0.15) is 0 Å². The van der Waals surface area contributed by atoms with Crippen LogP contribution < -0.4 is 16.0 Å². The molecule has 0 aliphatic heterocycles. The number of likely N-dealkylation sites (N-methyl/N-ethyl adjacent to an activating group) is 1. The Bertz CT molecular complexity index is 595. The number of anilines is 1. The summed E-state index contributed by atoms with van der Waals surface area (Å²) in [6.45, 7) is 5.49. The van der Waals surface area contributed by atoms with Gasteiger partial charge in [0.15, 0.2) is 5.96 Å². The van der Waals surface area contributed by atoms with Crippen molar-refractivity contribution in [2.75, 3.05) is 59.3 Å². The molecule has 1 rings (SSSR count). The van der Waals surface area contributed by atoms with E-state index in [1.807, 2.05) is 25.1 Å². The average Bonchev–Trinajstić information content (AvgIpc) is 2.61. The lowest BCUT2D eigenvalue weighted by molar-refractivity contribution is -0.115. The highest BCUT2D eigenvalue weighted by molar-refractivity contribution is 9.10. The molecule has 0 atom stereocenters. The molecule has 0 radical (unpaired) electrons. The van der Waals surface area contributed by atoms with E-state index < -0.39 is 0 Å². The number of aryl methyl sites for hydroxylation is 1. The van der Waals surface area contributed by atoms with Crippen LogP contribution in [0.5, 0.6) is 0 Å². The summed E-state index contributed by atoms with van der Waals surface area (Å²) < 4.78 is 5.98. The number of ether oxygens (including phenoxy) is 1. The maximum absolute atomic E-state index is 12.1. The van der Waals surface area contributed by atoms with Crippen molar-refractivity contribution >= 4 is 33.5 Å². The van der Waals surface area contributed by atoms with Gasteiger partial charge in [0.25, 0.3) is 0 Å². The van der Waals surface area contributed by atoms with E-state index in [4.69, 9.17) is 4.74 Å². The number of nitrogens with one attached hydrogen (secondary N) is 3. The van der Waals surface area contributed by atoms with Crippen molar-refractivity contribution in [2.45, 2.75) is 13.3 Å². The highest BCUT2D eigenvalue weighted by atomic mass is 79.9. The second-order valence-corrected chi connectivity index (χ2v) is 6.93. The van der Waals surface area contributed by atoms with Gasteiger partial charge in [-0.2, -0.15) is 0 Å². The molecule has 1 aromatic carbocycles. The summed E-state index contributed by atoms with van der Waals surface area (Å²) in [5, 5.41) is 9.13. The Balaban J connectivity index is 2.30. The zero-order chi connectivity index (χ0) is 19.4. The van der Waals surface area contributed by atoms with Gasteiger partial charge in [-0.15, -0.1) is 0 Å². The Labute approximate surface area is 164 Å². The van der Waals surface area contributed by atoms with Gasteiger partial charge >= 0.3 is 0 Å². The molecule has 0 unspecified atom stereocenters. The van der Waals surface area contributed by atoms with Crippen LogP contribution in [-0.2, 0) is 9.53 Å². The Morgan fingerprint density at radius 2 is 2.08 bits per heavy atom. The zero-order valence-corrected chi connectivity index (χ0v) is 17.6. The smallest absolute Gasteiger partial charge is 0.243 e. The van der Waals surface area contributed by atoms with Crippen molar-refractivity contribution < 1.29 is 9.53 Å². The molecule has 0 spiro atoms. The number of hydrogen-bond donors (Lipinski definition) is 3. The predicted octanol–water partition coefficient (Wildman–Crippen LogP) is 1.83. The fourth-order valence-electron chi connectivity index (χ4n) is 2.26. The summed E-state index contributed by atoms with van der Waals surface area (Å²) in [5.41, 5.74) is 1.81. The first-order valence-corrected chi connectivity index (χ1v) is 9.43. The molecule has 0 bridgehead atoms. The quantitative estimate of drug-likeness (QED) is 0.301. The van der Waals surface area contributed by atoms with Gasteiger partial charge in [-0.1, -0.05) is 22.0 Å². The van der Waals surface area contributed by atoms with Crippen molar-refractivity contribution in [3.05, 3.63) is 28.2 Å². The minimum absolute atomic E-state index is 0.120. The molecule has 0 aliphatic rings. The summed E-state index contributed by atoms with van der Waals surface area (Å²) in [5.74, 6) is 0.488. The summed E-state index contributed by atoms with van der Waals surface area (Å²) >= 11 is 3.41. The first kappa shape index (κ1) is 22.4. The number of guanidine groups is 1. The van der Waals surface area contributed by atoms with E-state index in [0.29, 0.717) is 5.96 Å². The predicted molar refractivity (Wildman–Crippen MR) is 111 cm³/mol. The van der Waals surface area contributed by atoms with Gasteiger partial charge in [-0.3, -0.25) is 9.79 Å². The molecular formula is C18H30BrN5O2. The van der Waals surface area contributed by atoms with Gasteiger partial charge in [0, 0.05) is 50.6 Å². The largest absolute Gasteiger partial charge is 0.385 e. The van der Waals surface area contributed by atoms with Crippen LogP contribution in [-0.4, -0.2) is 70.8 Å². The topological polar surface area (TPSA) is 78.0 Å². The van der Waals surface area contributed by atoms with E-state index in [0.717, 1.165) is 48.4 Å². The van der Waals surface area contributed by atoms with Crippen LogP contribution in [0.4, 0.5) is 5.69 Å². The number of methoxy groups -OCH3 is 1. The number of aliphatic imine (C=N–C) groups is 1. The minimum Gasteiger partial charge on any atom is -0.385 e. The van der Waals surface area contributed by atoms with Crippen molar-refractivity contribution in [3.8, 4) is 0 Å². The fourth-order valence-corrected chi connectivity index (χ4v) is 2.62. The van der Waals surface area contributed by atoms with Crippen LogP contribution in [0, 0.1) is 6.92 Å². The molecule has 146 valence electrons. The van der Waals surface area contributed by atoms with Crippen molar-refractivity contribution in [3.63, 3.8) is 0 Å². The third-order valence-corrected chi connectivity index (χ3v) is 4.28. The molecule has 0 heterocycles. The first-order chi connectivity index (χ1) is 12.5. The molecule has 3 N–H and O–H groups in total. The van der Waals surface area contributed by atoms with E-state index in [1.54, 1.807) is 14.2 Å². The lowest BCUT2D eigenvalue weighted by Gasteiger charge is -2.18.